The zero-order valence-corrected chi connectivity index (χ0v) is 7.03. The maximum absolute atomic E-state index is 5.95. The summed E-state index contributed by atoms with van der Waals surface area (Å²) in [5.41, 5.74) is 7.26. The number of nitrogens with one attached hydrogen (secondary N) is 1. The van der Waals surface area contributed by atoms with E-state index in [1.807, 2.05) is 6.07 Å². The van der Waals surface area contributed by atoms with Gasteiger partial charge in [0, 0.05) is 12.1 Å². The second-order valence-corrected chi connectivity index (χ2v) is 3.30. The lowest BCUT2D eigenvalue weighted by atomic mass is 10.0. The molecule has 2 atom stereocenters. The summed E-state index contributed by atoms with van der Waals surface area (Å²) in [5, 5.41) is 3.40. The van der Waals surface area contributed by atoms with E-state index in [-0.39, 0.29) is 6.04 Å². The van der Waals surface area contributed by atoms with Gasteiger partial charge < -0.3 is 11.1 Å². The quantitative estimate of drug-likeness (QED) is 0.647. The van der Waals surface area contributed by atoms with Crippen LogP contribution in [0.4, 0.5) is 0 Å². The molecule has 0 unspecified atom stereocenters. The molecule has 2 nitrogen and oxygen atoms in total. The Morgan fingerprint density at radius 1 is 1.25 bits per heavy atom. The van der Waals surface area contributed by atoms with E-state index >= 15 is 0 Å². The second kappa shape index (κ2) is 3.25. The maximum atomic E-state index is 5.95. The second-order valence-electron chi connectivity index (χ2n) is 3.30. The maximum Gasteiger partial charge on any atom is 0.0474 e. The van der Waals surface area contributed by atoms with Gasteiger partial charge in [-0.15, -0.1) is 0 Å². The van der Waals surface area contributed by atoms with Crippen LogP contribution in [-0.4, -0.2) is 12.6 Å². The van der Waals surface area contributed by atoms with E-state index in [1.165, 1.54) is 5.56 Å². The van der Waals surface area contributed by atoms with E-state index < -0.39 is 0 Å². The lowest BCUT2D eigenvalue weighted by Crippen LogP contribution is -2.27. The van der Waals surface area contributed by atoms with Crippen molar-refractivity contribution < 1.29 is 0 Å². The first-order valence-corrected chi connectivity index (χ1v) is 4.42. The molecule has 0 aromatic heterocycles. The fourth-order valence-corrected chi connectivity index (χ4v) is 1.75. The smallest absolute Gasteiger partial charge is 0.0474 e. The van der Waals surface area contributed by atoms with Crippen molar-refractivity contribution in [1.82, 2.24) is 5.32 Å². The van der Waals surface area contributed by atoms with Gasteiger partial charge in [-0.1, -0.05) is 30.3 Å². The van der Waals surface area contributed by atoms with Crippen molar-refractivity contribution in [3.05, 3.63) is 35.9 Å². The molecule has 1 fully saturated rings. The molecule has 1 aliphatic rings. The summed E-state index contributed by atoms with van der Waals surface area (Å²) < 4.78 is 0. The fourth-order valence-electron chi connectivity index (χ4n) is 1.75. The topological polar surface area (TPSA) is 38.0 Å². The predicted octanol–water partition coefficient (Wildman–Crippen LogP) is 1.05. The first-order valence-electron chi connectivity index (χ1n) is 4.42. The molecule has 1 aromatic carbocycles. The molecule has 1 saturated heterocycles. The molecule has 1 heterocycles. The van der Waals surface area contributed by atoms with Crippen LogP contribution in [0.5, 0.6) is 0 Å². The van der Waals surface area contributed by atoms with E-state index in [4.69, 9.17) is 5.73 Å². The minimum Gasteiger partial charge on any atom is -0.326 e. The Morgan fingerprint density at radius 3 is 2.58 bits per heavy atom. The molecule has 0 radical (unpaired) electrons. The molecule has 1 aliphatic heterocycles. The summed E-state index contributed by atoms with van der Waals surface area (Å²) >= 11 is 0. The Bertz CT molecular complexity index is 245. The van der Waals surface area contributed by atoms with Gasteiger partial charge in [-0.2, -0.15) is 0 Å². The van der Waals surface area contributed by atoms with Gasteiger partial charge in [0.05, 0.1) is 0 Å². The van der Waals surface area contributed by atoms with Crippen molar-refractivity contribution in [2.45, 2.75) is 18.5 Å². The Hall–Kier alpha value is -0.860. The van der Waals surface area contributed by atoms with Gasteiger partial charge in [-0.25, -0.2) is 0 Å². The van der Waals surface area contributed by atoms with Gasteiger partial charge in [-0.3, -0.25) is 0 Å². The third-order valence-corrected chi connectivity index (χ3v) is 2.43. The molecule has 2 rings (SSSR count). The minimum absolute atomic E-state index is 0.285. The monoisotopic (exact) mass is 162 g/mol. The molecular formula is C10H14N2. The summed E-state index contributed by atoms with van der Waals surface area (Å²) in [6.07, 6.45) is 1.08. The standard InChI is InChI=1S/C10H14N2/c11-9-6-7-12-10(9)8-4-2-1-3-5-8/h1-5,9-10,12H,6-7,11H2/t9-,10+/m1/s1. The van der Waals surface area contributed by atoms with Crippen LogP contribution in [0, 0.1) is 0 Å². The average Bonchev–Trinajstić information content (AvgIpc) is 2.53. The lowest BCUT2D eigenvalue weighted by molar-refractivity contribution is 0.571. The predicted molar refractivity (Wildman–Crippen MR) is 49.8 cm³/mol. The van der Waals surface area contributed by atoms with Crippen molar-refractivity contribution in [2.75, 3.05) is 6.54 Å². The number of hydrogen-bond acceptors (Lipinski definition) is 2. The molecule has 2 heteroatoms. The molecular weight excluding hydrogens is 148 g/mol. The Balaban J connectivity index is 2.19. The van der Waals surface area contributed by atoms with Gasteiger partial charge in [0.1, 0.15) is 0 Å². The molecule has 0 saturated carbocycles. The van der Waals surface area contributed by atoms with E-state index in [1.54, 1.807) is 0 Å². The number of benzene rings is 1. The van der Waals surface area contributed by atoms with Crippen molar-refractivity contribution in [1.29, 1.82) is 0 Å². The highest BCUT2D eigenvalue weighted by molar-refractivity contribution is 5.21. The fraction of sp³-hybridized carbons (Fsp3) is 0.400. The molecule has 12 heavy (non-hydrogen) atoms. The van der Waals surface area contributed by atoms with Crippen molar-refractivity contribution >= 4 is 0 Å². The van der Waals surface area contributed by atoms with Gasteiger partial charge >= 0.3 is 0 Å². The SMILES string of the molecule is N[C@@H]1CCN[C@H]1c1ccccc1. The van der Waals surface area contributed by atoms with Gasteiger partial charge in [0.15, 0.2) is 0 Å². The third kappa shape index (κ3) is 1.36. The molecule has 0 bridgehead atoms. The first-order chi connectivity index (χ1) is 5.88. The van der Waals surface area contributed by atoms with Crippen LogP contribution >= 0.6 is 0 Å². The van der Waals surface area contributed by atoms with Crippen LogP contribution in [0.3, 0.4) is 0 Å². The molecule has 0 spiro atoms. The Kier molecular flexibility index (Phi) is 2.11. The molecule has 64 valence electrons. The van der Waals surface area contributed by atoms with Crippen molar-refractivity contribution in [2.24, 2.45) is 5.73 Å². The van der Waals surface area contributed by atoms with Crippen molar-refractivity contribution in [3.8, 4) is 0 Å². The highest BCUT2D eigenvalue weighted by Crippen LogP contribution is 2.21. The lowest BCUT2D eigenvalue weighted by Gasteiger charge is -2.15. The van der Waals surface area contributed by atoms with E-state index in [0.717, 1.165) is 13.0 Å². The zero-order valence-electron chi connectivity index (χ0n) is 7.03. The average molecular weight is 162 g/mol. The van der Waals surface area contributed by atoms with Crippen LogP contribution in [-0.2, 0) is 0 Å². The van der Waals surface area contributed by atoms with Crippen LogP contribution in [0.2, 0.25) is 0 Å². The van der Waals surface area contributed by atoms with Gasteiger partial charge in [0.25, 0.3) is 0 Å². The van der Waals surface area contributed by atoms with Crippen molar-refractivity contribution in [3.63, 3.8) is 0 Å². The summed E-state index contributed by atoms with van der Waals surface area (Å²) in [6.45, 7) is 1.04. The number of hydrogen-bond donors (Lipinski definition) is 2. The molecule has 1 aromatic rings. The number of nitrogens with two attached hydrogens (primary N) is 1. The van der Waals surface area contributed by atoms with Gasteiger partial charge in [0.2, 0.25) is 0 Å². The minimum atomic E-state index is 0.285. The van der Waals surface area contributed by atoms with E-state index in [9.17, 15) is 0 Å². The summed E-state index contributed by atoms with van der Waals surface area (Å²) in [6, 6.07) is 11.1. The van der Waals surface area contributed by atoms with Crippen LogP contribution < -0.4 is 11.1 Å². The van der Waals surface area contributed by atoms with Gasteiger partial charge in [-0.05, 0) is 18.5 Å². The molecule has 0 aliphatic carbocycles. The van der Waals surface area contributed by atoms with Crippen LogP contribution in [0.1, 0.15) is 18.0 Å². The normalized spacial score (nSPS) is 29.1. The third-order valence-electron chi connectivity index (χ3n) is 2.43. The first kappa shape index (κ1) is 7.77. The van der Waals surface area contributed by atoms with E-state index in [2.05, 4.69) is 29.6 Å². The Morgan fingerprint density at radius 2 is 2.00 bits per heavy atom. The number of rotatable bonds is 1. The Labute approximate surface area is 72.8 Å². The highest BCUT2D eigenvalue weighted by Gasteiger charge is 2.23. The molecule has 3 N–H and O–H groups in total. The summed E-state index contributed by atoms with van der Waals surface area (Å²) in [5.74, 6) is 0. The van der Waals surface area contributed by atoms with Crippen LogP contribution in [0.25, 0.3) is 0 Å². The molecule has 0 amide bonds. The highest BCUT2D eigenvalue weighted by atomic mass is 15.0. The van der Waals surface area contributed by atoms with E-state index in [0.29, 0.717) is 6.04 Å². The summed E-state index contributed by atoms with van der Waals surface area (Å²) in [4.78, 5) is 0. The largest absolute Gasteiger partial charge is 0.326 e. The zero-order chi connectivity index (χ0) is 8.39. The van der Waals surface area contributed by atoms with Crippen LogP contribution in [0.15, 0.2) is 30.3 Å². The summed E-state index contributed by atoms with van der Waals surface area (Å²) in [7, 11) is 0.